The molecule has 1 aromatic carbocycles. The highest BCUT2D eigenvalue weighted by molar-refractivity contribution is 9.10. The third-order valence-electron chi connectivity index (χ3n) is 3.41. The highest BCUT2D eigenvalue weighted by Crippen LogP contribution is 2.15. The van der Waals surface area contributed by atoms with Gasteiger partial charge in [0.2, 0.25) is 0 Å². The first-order valence-electron chi connectivity index (χ1n) is 7.02. The van der Waals surface area contributed by atoms with E-state index in [1.165, 1.54) is 18.2 Å². The number of ether oxygens (including phenoxy) is 1. The van der Waals surface area contributed by atoms with Gasteiger partial charge in [-0.05, 0) is 40.0 Å². The van der Waals surface area contributed by atoms with E-state index >= 15 is 0 Å². The summed E-state index contributed by atoms with van der Waals surface area (Å²) >= 11 is 3.30. The van der Waals surface area contributed by atoms with Crippen molar-refractivity contribution in [3.8, 4) is 0 Å². The van der Waals surface area contributed by atoms with Crippen LogP contribution in [-0.4, -0.2) is 35.4 Å². The molecule has 0 unspecified atom stereocenters. The summed E-state index contributed by atoms with van der Waals surface area (Å²) in [5, 5.41) is 0. The Morgan fingerprint density at radius 2 is 2.00 bits per heavy atom. The van der Waals surface area contributed by atoms with E-state index in [2.05, 4.69) is 20.9 Å². The summed E-state index contributed by atoms with van der Waals surface area (Å²) < 4.78 is 5.41. The topological polar surface area (TPSA) is 59.5 Å². The van der Waals surface area contributed by atoms with Gasteiger partial charge in [-0.1, -0.05) is 24.3 Å². The summed E-state index contributed by atoms with van der Waals surface area (Å²) in [5.74, 6) is -0.734. The minimum atomic E-state index is -0.463. The molecule has 1 heterocycles. The summed E-state index contributed by atoms with van der Waals surface area (Å²) in [6, 6.07) is 9.42. The highest BCUT2D eigenvalue weighted by atomic mass is 79.9. The Bertz CT molecular complexity index is 718. The molecule has 0 aliphatic carbocycles. The Morgan fingerprint density at radius 1 is 1.26 bits per heavy atom. The van der Waals surface area contributed by atoms with E-state index in [-0.39, 0.29) is 12.5 Å². The van der Waals surface area contributed by atoms with Gasteiger partial charge >= 0.3 is 5.97 Å². The number of aryl methyl sites for hydroxylation is 1. The van der Waals surface area contributed by atoms with Crippen LogP contribution in [0.2, 0.25) is 0 Å². The van der Waals surface area contributed by atoms with Crippen molar-refractivity contribution in [2.45, 2.75) is 13.5 Å². The predicted octanol–water partition coefficient (Wildman–Crippen LogP) is 2.97. The van der Waals surface area contributed by atoms with Crippen molar-refractivity contribution in [3.63, 3.8) is 0 Å². The maximum absolute atomic E-state index is 12.7. The Labute approximate surface area is 143 Å². The predicted molar refractivity (Wildman–Crippen MR) is 89.9 cm³/mol. The van der Waals surface area contributed by atoms with Crippen LogP contribution in [-0.2, 0) is 16.1 Å². The molecule has 0 bridgehead atoms. The van der Waals surface area contributed by atoms with Gasteiger partial charge in [0.05, 0.1) is 12.7 Å². The Hall–Kier alpha value is -2.21. The number of aromatic nitrogens is 1. The average molecular weight is 377 g/mol. The van der Waals surface area contributed by atoms with Crippen molar-refractivity contribution in [3.05, 3.63) is 63.9 Å². The van der Waals surface area contributed by atoms with Crippen LogP contribution in [0.1, 0.15) is 21.5 Å². The van der Waals surface area contributed by atoms with Crippen molar-refractivity contribution in [2.24, 2.45) is 0 Å². The maximum atomic E-state index is 12.7. The zero-order valence-corrected chi connectivity index (χ0v) is 14.5. The van der Waals surface area contributed by atoms with Crippen LogP contribution in [0.3, 0.4) is 0 Å². The van der Waals surface area contributed by atoms with E-state index in [0.717, 1.165) is 11.1 Å². The second-order valence-corrected chi connectivity index (χ2v) is 5.97. The van der Waals surface area contributed by atoms with Crippen LogP contribution in [0.15, 0.2) is 47.2 Å². The number of amides is 1. The number of pyridine rings is 1. The quantitative estimate of drug-likeness (QED) is 0.752. The van der Waals surface area contributed by atoms with E-state index < -0.39 is 5.97 Å². The number of esters is 1. The van der Waals surface area contributed by atoms with E-state index in [4.69, 9.17) is 4.74 Å². The molecule has 0 atom stereocenters. The zero-order chi connectivity index (χ0) is 16.8. The Morgan fingerprint density at radius 3 is 2.65 bits per heavy atom. The molecule has 0 N–H and O–H groups in total. The SMILES string of the molecule is COC(=O)CN(Cc1ccccc1C)C(=O)c1cncc(Br)c1. The van der Waals surface area contributed by atoms with Gasteiger partial charge in [-0.3, -0.25) is 14.6 Å². The minimum absolute atomic E-state index is 0.115. The minimum Gasteiger partial charge on any atom is -0.468 e. The van der Waals surface area contributed by atoms with Crippen LogP contribution in [0.4, 0.5) is 0 Å². The van der Waals surface area contributed by atoms with Crippen LogP contribution < -0.4 is 0 Å². The van der Waals surface area contributed by atoms with Crippen molar-refractivity contribution < 1.29 is 14.3 Å². The van der Waals surface area contributed by atoms with Gasteiger partial charge < -0.3 is 9.64 Å². The van der Waals surface area contributed by atoms with Gasteiger partial charge in [-0.15, -0.1) is 0 Å². The summed E-state index contributed by atoms with van der Waals surface area (Å²) in [7, 11) is 1.30. The van der Waals surface area contributed by atoms with E-state index in [1.54, 1.807) is 12.3 Å². The number of nitrogens with zero attached hydrogens (tertiary/aromatic N) is 2. The highest BCUT2D eigenvalue weighted by Gasteiger charge is 2.20. The third-order valence-corrected chi connectivity index (χ3v) is 3.84. The summed E-state index contributed by atoms with van der Waals surface area (Å²) in [6.45, 7) is 2.18. The van der Waals surface area contributed by atoms with Gasteiger partial charge in [-0.25, -0.2) is 0 Å². The zero-order valence-electron chi connectivity index (χ0n) is 13.0. The van der Waals surface area contributed by atoms with E-state index in [0.29, 0.717) is 16.6 Å². The normalized spacial score (nSPS) is 10.2. The van der Waals surface area contributed by atoms with Crippen LogP contribution in [0.5, 0.6) is 0 Å². The summed E-state index contributed by atoms with van der Waals surface area (Å²) in [6.07, 6.45) is 3.08. The lowest BCUT2D eigenvalue weighted by Gasteiger charge is -2.22. The summed E-state index contributed by atoms with van der Waals surface area (Å²) in [5.41, 5.74) is 2.45. The van der Waals surface area contributed by atoms with E-state index in [9.17, 15) is 9.59 Å². The fourth-order valence-electron chi connectivity index (χ4n) is 2.12. The molecule has 2 aromatic rings. The lowest BCUT2D eigenvalue weighted by atomic mass is 10.1. The van der Waals surface area contributed by atoms with Gasteiger partial charge in [0.15, 0.2) is 0 Å². The molecule has 0 aliphatic heterocycles. The van der Waals surface area contributed by atoms with Crippen LogP contribution >= 0.6 is 15.9 Å². The number of halogens is 1. The fraction of sp³-hybridized carbons (Fsp3) is 0.235. The Balaban J connectivity index is 2.28. The number of carbonyl (C=O) groups is 2. The number of rotatable bonds is 5. The molecule has 0 fully saturated rings. The standard InChI is InChI=1S/C17H17BrN2O3/c1-12-5-3-4-6-13(12)10-20(11-16(21)23-2)17(22)14-7-15(18)9-19-8-14/h3-9H,10-11H2,1-2H3. The molecule has 0 saturated carbocycles. The molecule has 1 aromatic heterocycles. The van der Waals surface area contributed by atoms with Crippen LogP contribution in [0, 0.1) is 6.92 Å². The second kappa shape index (κ2) is 7.87. The lowest BCUT2D eigenvalue weighted by Crippen LogP contribution is -2.36. The molecular formula is C17H17BrN2O3. The van der Waals surface area contributed by atoms with Gasteiger partial charge in [0.25, 0.3) is 5.91 Å². The Kier molecular flexibility index (Phi) is 5.87. The molecule has 6 heteroatoms. The number of benzene rings is 1. The van der Waals surface area contributed by atoms with Gasteiger partial charge in [-0.2, -0.15) is 0 Å². The molecule has 0 aliphatic rings. The molecule has 120 valence electrons. The van der Waals surface area contributed by atoms with Crippen LogP contribution in [0.25, 0.3) is 0 Å². The number of carbonyl (C=O) groups excluding carboxylic acids is 2. The largest absolute Gasteiger partial charge is 0.468 e. The molecule has 1 amide bonds. The third kappa shape index (κ3) is 4.63. The van der Waals surface area contributed by atoms with Crippen molar-refractivity contribution in [2.75, 3.05) is 13.7 Å². The number of methoxy groups -OCH3 is 1. The molecule has 0 saturated heterocycles. The van der Waals surface area contributed by atoms with Gasteiger partial charge in [0, 0.05) is 23.4 Å². The molecule has 2 rings (SSSR count). The number of hydrogen-bond donors (Lipinski definition) is 0. The maximum Gasteiger partial charge on any atom is 0.325 e. The fourth-order valence-corrected chi connectivity index (χ4v) is 2.49. The molecule has 5 nitrogen and oxygen atoms in total. The van der Waals surface area contributed by atoms with Gasteiger partial charge in [0.1, 0.15) is 6.54 Å². The second-order valence-electron chi connectivity index (χ2n) is 5.06. The monoisotopic (exact) mass is 376 g/mol. The first-order valence-corrected chi connectivity index (χ1v) is 7.81. The van der Waals surface area contributed by atoms with Crippen molar-refractivity contribution >= 4 is 27.8 Å². The lowest BCUT2D eigenvalue weighted by molar-refractivity contribution is -0.141. The number of hydrogen-bond acceptors (Lipinski definition) is 4. The van der Waals surface area contributed by atoms with E-state index in [1.807, 2.05) is 31.2 Å². The average Bonchev–Trinajstić information content (AvgIpc) is 2.55. The molecule has 0 radical (unpaired) electrons. The first kappa shape index (κ1) is 17.1. The first-order chi connectivity index (χ1) is 11.0. The van der Waals surface area contributed by atoms with Crippen molar-refractivity contribution in [1.82, 2.24) is 9.88 Å². The molecule has 23 heavy (non-hydrogen) atoms. The molecule has 0 spiro atoms. The van der Waals surface area contributed by atoms with Crippen molar-refractivity contribution in [1.29, 1.82) is 0 Å². The smallest absolute Gasteiger partial charge is 0.325 e. The summed E-state index contributed by atoms with van der Waals surface area (Å²) in [4.78, 5) is 29.8. The molecular weight excluding hydrogens is 360 g/mol.